The van der Waals surface area contributed by atoms with Crippen LogP contribution in [0.3, 0.4) is 0 Å². The summed E-state index contributed by atoms with van der Waals surface area (Å²) in [4.78, 5) is 22.6. The highest BCUT2D eigenvalue weighted by Crippen LogP contribution is 2.67. The van der Waals surface area contributed by atoms with Crippen LogP contribution in [0.4, 0.5) is 0 Å². The van der Waals surface area contributed by atoms with E-state index in [0.29, 0.717) is 18.8 Å². The largest absolute Gasteiger partial charge is 0.481 e. The molecular weight excluding hydrogens is 320 g/mol. The predicted molar refractivity (Wildman–Crippen MR) is 95.1 cm³/mol. The fourth-order valence-electron chi connectivity index (χ4n) is 5.60. The van der Waals surface area contributed by atoms with Crippen molar-refractivity contribution < 1.29 is 24.9 Å². The molecule has 0 radical (unpaired) electrons. The highest BCUT2D eigenvalue weighted by molar-refractivity contribution is 5.80. The first kappa shape index (κ1) is 20.0. The number of fused-ring (bicyclic) bond motifs is 1. The van der Waals surface area contributed by atoms with Crippen LogP contribution in [0.1, 0.15) is 66.7 Å². The normalized spacial score (nSPS) is 44.4. The third-order valence-corrected chi connectivity index (χ3v) is 7.82. The minimum atomic E-state index is -1.23. The molecule has 2 saturated carbocycles. The lowest BCUT2D eigenvalue weighted by Gasteiger charge is -2.56. The Morgan fingerprint density at radius 1 is 1.20 bits per heavy atom. The van der Waals surface area contributed by atoms with E-state index >= 15 is 0 Å². The molecule has 2 rings (SSSR count). The highest BCUT2D eigenvalue weighted by atomic mass is 16.4. The van der Waals surface area contributed by atoms with Crippen LogP contribution in [0.15, 0.2) is 11.6 Å². The van der Waals surface area contributed by atoms with Crippen molar-refractivity contribution in [1.82, 2.24) is 0 Å². The smallest absolute Gasteiger partial charge is 0.328 e. The third-order valence-electron chi connectivity index (χ3n) is 7.82. The molecule has 0 amide bonds. The molecule has 0 aliphatic heterocycles. The summed E-state index contributed by atoms with van der Waals surface area (Å²) in [6.07, 6.45) is 5.01. The Labute approximate surface area is 150 Å². The number of carboxylic acid groups (broad SMARTS) is 2. The van der Waals surface area contributed by atoms with Crippen molar-refractivity contribution >= 4 is 11.9 Å². The van der Waals surface area contributed by atoms with Gasteiger partial charge >= 0.3 is 11.9 Å². The third kappa shape index (κ3) is 3.12. The average molecular weight is 352 g/mol. The Morgan fingerprint density at radius 3 is 2.32 bits per heavy atom. The molecule has 0 heterocycles. The summed E-state index contributed by atoms with van der Waals surface area (Å²) >= 11 is 0. The van der Waals surface area contributed by atoms with E-state index in [0.717, 1.165) is 24.8 Å². The first-order chi connectivity index (χ1) is 11.4. The summed E-state index contributed by atoms with van der Waals surface area (Å²) in [6.45, 7) is 9.98. The van der Waals surface area contributed by atoms with Crippen molar-refractivity contribution in [2.75, 3.05) is 0 Å². The summed E-state index contributed by atoms with van der Waals surface area (Å²) in [6, 6.07) is 0. The highest BCUT2D eigenvalue weighted by Gasteiger charge is 2.67. The molecule has 0 aromatic heterocycles. The molecule has 5 nitrogen and oxygen atoms in total. The van der Waals surface area contributed by atoms with Gasteiger partial charge in [0.15, 0.2) is 0 Å². The number of carboxylic acids is 2. The van der Waals surface area contributed by atoms with Gasteiger partial charge in [-0.15, -0.1) is 0 Å². The van der Waals surface area contributed by atoms with Crippen LogP contribution >= 0.6 is 0 Å². The van der Waals surface area contributed by atoms with Crippen LogP contribution in [-0.2, 0) is 9.59 Å². The molecule has 6 atom stereocenters. The minimum Gasteiger partial charge on any atom is -0.481 e. The fourth-order valence-corrected chi connectivity index (χ4v) is 5.60. The first-order valence-corrected chi connectivity index (χ1v) is 9.21. The van der Waals surface area contributed by atoms with Crippen LogP contribution < -0.4 is 0 Å². The van der Waals surface area contributed by atoms with Gasteiger partial charge in [0.05, 0.1) is 11.5 Å². The van der Waals surface area contributed by atoms with Gasteiger partial charge in [-0.25, -0.2) is 4.79 Å². The van der Waals surface area contributed by atoms with E-state index in [9.17, 15) is 19.8 Å². The summed E-state index contributed by atoms with van der Waals surface area (Å²) in [5, 5.41) is 29.7. The number of hydrogen-bond acceptors (Lipinski definition) is 3. The van der Waals surface area contributed by atoms with Crippen LogP contribution in [0.2, 0.25) is 0 Å². The van der Waals surface area contributed by atoms with Gasteiger partial charge in [-0.2, -0.15) is 0 Å². The van der Waals surface area contributed by atoms with Crippen LogP contribution in [0.25, 0.3) is 0 Å². The first-order valence-electron chi connectivity index (χ1n) is 9.21. The number of carbonyl (C=O) groups is 2. The molecule has 0 aromatic carbocycles. The van der Waals surface area contributed by atoms with Gasteiger partial charge in [-0.05, 0) is 63.2 Å². The molecule has 0 saturated heterocycles. The number of aliphatic hydroxyl groups is 1. The zero-order chi connectivity index (χ0) is 19.2. The Balaban J connectivity index is 2.34. The molecule has 2 aliphatic rings. The van der Waals surface area contributed by atoms with Crippen molar-refractivity contribution in [3.63, 3.8) is 0 Å². The molecule has 2 fully saturated rings. The van der Waals surface area contributed by atoms with E-state index in [1.807, 2.05) is 13.8 Å². The molecule has 0 aromatic rings. The maximum absolute atomic E-state index is 11.7. The van der Waals surface area contributed by atoms with E-state index in [2.05, 4.69) is 13.8 Å². The fraction of sp³-hybridized carbons (Fsp3) is 0.800. The summed E-state index contributed by atoms with van der Waals surface area (Å²) in [5.41, 5.74) is -0.944. The second kappa shape index (κ2) is 6.42. The van der Waals surface area contributed by atoms with Gasteiger partial charge in [0, 0.05) is 11.5 Å². The topological polar surface area (TPSA) is 94.8 Å². The quantitative estimate of drug-likeness (QED) is 0.656. The lowest BCUT2D eigenvalue weighted by atomic mass is 9.50. The van der Waals surface area contributed by atoms with Crippen molar-refractivity contribution in [2.24, 2.45) is 28.6 Å². The Hall–Kier alpha value is -1.36. The van der Waals surface area contributed by atoms with Gasteiger partial charge in [-0.1, -0.05) is 26.3 Å². The van der Waals surface area contributed by atoms with Gasteiger partial charge in [0.1, 0.15) is 0 Å². The molecule has 0 spiro atoms. The summed E-state index contributed by atoms with van der Waals surface area (Å²) in [5.74, 6) is -2.08. The van der Waals surface area contributed by atoms with E-state index in [-0.39, 0.29) is 11.3 Å². The number of allylic oxidation sites excluding steroid dienone is 1. The molecule has 6 unspecified atom stereocenters. The second-order valence-corrected chi connectivity index (χ2v) is 9.02. The zero-order valence-corrected chi connectivity index (χ0v) is 16.0. The Morgan fingerprint density at radius 2 is 1.80 bits per heavy atom. The van der Waals surface area contributed by atoms with E-state index < -0.39 is 28.9 Å². The van der Waals surface area contributed by atoms with Gasteiger partial charge in [0.25, 0.3) is 0 Å². The average Bonchev–Trinajstić information content (AvgIpc) is 2.69. The number of rotatable bonds is 5. The zero-order valence-electron chi connectivity index (χ0n) is 16.0. The molecule has 2 aliphatic carbocycles. The maximum atomic E-state index is 11.7. The molecular formula is C20H32O5. The maximum Gasteiger partial charge on any atom is 0.328 e. The monoisotopic (exact) mass is 352 g/mol. The van der Waals surface area contributed by atoms with Crippen LogP contribution in [-0.4, -0.2) is 32.9 Å². The van der Waals surface area contributed by atoms with Crippen LogP contribution in [0, 0.1) is 28.6 Å². The van der Waals surface area contributed by atoms with Gasteiger partial charge in [0.2, 0.25) is 0 Å². The van der Waals surface area contributed by atoms with Crippen LogP contribution in [0.5, 0.6) is 0 Å². The Bertz CT molecular complexity index is 593. The predicted octanol–water partition coefficient (Wildman–Crippen LogP) is 3.71. The van der Waals surface area contributed by atoms with Crippen molar-refractivity contribution in [1.29, 1.82) is 0 Å². The molecule has 142 valence electrons. The van der Waals surface area contributed by atoms with E-state index in [4.69, 9.17) is 5.11 Å². The summed E-state index contributed by atoms with van der Waals surface area (Å²) < 4.78 is 0. The lowest BCUT2D eigenvalue weighted by Crippen LogP contribution is -2.54. The molecule has 5 heteroatoms. The minimum absolute atomic E-state index is 0.109. The second-order valence-electron chi connectivity index (χ2n) is 9.02. The standard InChI is InChI=1S/C20H32O5/c1-12(10-16(21)22)6-8-18(3)13(2)7-9-19(4)15(18)11-14(17(23)24)20(19,5)25/h10,13-15,25H,6-9,11H2,1-5H3,(H,21,22)(H,23,24)/b12-10-. The van der Waals surface area contributed by atoms with Gasteiger partial charge < -0.3 is 15.3 Å². The van der Waals surface area contributed by atoms with Crippen molar-refractivity contribution in [2.45, 2.75) is 72.3 Å². The molecule has 25 heavy (non-hydrogen) atoms. The van der Waals surface area contributed by atoms with E-state index in [1.165, 1.54) is 6.08 Å². The summed E-state index contributed by atoms with van der Waals surface area (Å²) in [7, 11) is 0. The Kier molecular flexibility index (Phi) is 5.12. The molecule has 3 N–H and O–H groups in total. The number of aliphatic carboxylic acids is 2. The SMILES string of the molecule is C/C(=C/C(=O)O)CCC1(C)C(C)CCC2(C)C1CC(C(=O)O)C2(C)O. The van der Waals surface area contributed by atoms with Crippen molar-refractivity contribution in [3.05, 3.63) is 11.6 Å². The van der Waals surface area contributed by atoms with E-state index in [1.54, 1.807) is 6.92 Å². The molecule has 0 bridgehead atoms. The number of hydrogen-bond donors (Lipinski definition) is 3. The van der Waals surface area contributed by atoms with Gasteiger partial charge in [-0.3, -0.25) is 4.79 Å². The lowest BCUT2D eigenvalue weighted by molar-refractivity contribution is -0.161. The van der Waals surface area contributed by atoms with Crippen molar-refractivity contribution in [3.8, 4) is 0 Å².